The van der Waals surface area contributed by atoms with Gasteiger partial charge in [-0.2, -0.15) is 0 Å². The molecule has 10 aliphatic rings. The van der Waals surface area contributed by atoms with Crippen molar-refractivity contribution in [2.45, 2.75) is 81.9 Å². The van der Waals surface area contributed by atoms with Crippen LogP contribution in [0.2, 0.25) is 0 Å². The van der Waals surface area contributed by atoms with Crippen molar-refractivity contribution in [2.75, 3.05) is 19.4 Å². The number of likely N-dealkylation sites (N-methyl/N-ethyl adjacent to an activating group) is 2. The third-order valence-corrected chi connectivity index (χ3v) is 20.1. The highest BCUT2D eigenvalue weighted by Gasteiger charge is 2.93. The van der Waals surface area contributed by atoms with Gasteiger partial charge in [0.25, 0.3) is 23.6 Å². The molecular formula is C33H30FN5O7S4. The van der Waals surface area contributed by atoms with Crippen LogP contribution in [0, 0.1) is 5.82 Å². The fourth-order valence-corrected chi connectivity index (χ4v) is 17.7. The number of fused-ring (bicyclic) bond motifs is 11. The van der Waals surface area contributed by atoms with Gasteiger partial charge < -0.3 is 29.9 Å². The number of halogens is 1. The fourth-order valence-electron chi connectivity index (χ4n) is 10.6. The Labute approximate surface area is 301 Å². The lowest BCUT2D eigenvalue weighted by atomic mass is 9.51. The lowest BCUT2D eigenvalue weighted by Gasteiger charge is -2.58. The molecule has 0 aromatic heterocycles. The molecule has 2 spiro atoms. The molecule has 17 heteroatoms. The van der Waals surface area contributed by atoms with Crippen molar-refractivity contribution in [1.82, 2.24) is 19.6 Å². The van der Waals surface area contributed by atoms with Crippen LogP contribution in [0.3, 0.4) is 0 Å². The van der Waals surface area contributed by atoms with E-state index in [-0.39, 0.29) is 6.42 Å². The largest absolute Gasteiger partial charge is 0.457 e. The molecule has 4 bridgehead atoms. The SMILES string of the molecule is CC(=O)O[C@H]1[C@]2([C@@]34c5cc(F)ccc5C[C@@H]3N3C(=O)[C@]5(C)SS[C@]3(C(=O)N5C)[C@H]4O)c3ccccc3N[C@@H]2N2C(=O)[C@]3(C)SS[C@]12C(=O)N3C. The van der Waals surface area contributed by atoms with Crippen LogP contribution in [0.1, 0.15) is 37.5 Å². The standard InChI is InChI=1S/C33H30FN5O7S4/c1-14(40)46-22-31(17-8-6-7-9-19(17)35-23(31)39-25(43)29(3)37(5)27(45)33(22,39)50-48-29)30-18-13-16(34)11-10-15(18)12-20(30)38-24(42)28(2)36(4)26(44)32(38,21(30)41)49-47-28/h6-11,13,20-23,35,41H,12H2,1-5H3/t20-,21-,22-,23+,28-,29-,30-,31+,32-,33-/m0/s1. The molecule has 2 aromatic carbocycles. The summed E-state index contributed by atoms with van der Waals surface area (Å²) in [6, 6.07) is 10.5. The van der Waals surface area contributed by atoms with Gasteiger partial charge in [-0.3, -0.25) is 28.9 Å². The number of anilines is 1. The van der Waals surface area contributed by atoms with Crippen molar-refractivity contribution < 1.29 is 38.2 Å². The molecule has 10 atom stereocenters. The van der Waals surface area contributed by atoms with Crippen molar-refractivity contribution in [3.63, 3.8) is 0 Å². The highest BCUT2D eigenvalue weighted by atomic mass is 33.1. The van der Waals surface area contributed by atoms with Crippen molar-refractivity contribution in [2.24, 2.45) is 0 Å². The third-order valence-electron chi connectivity index (χ3n) is 12.8. The second-order valence-corrected chi connectivity index (χ2v) is 20.0. The molecule has 9 heterocycles. The highest BCUT2D eigenvalue weighted by Crippen LogP contribution is 2.79. The van der Waals surface area contributed by atoms with E-state index in [9.17, 15) is 29.1 Å². The quantitative estimate of drug-likeness (QED) is 0.344. The van der Waals surface area contributed by atoms with E-state index >= 15 is 4.39 Å². The molecular weight excluding hydrogens is 726 g/mol. The molecule has 0 saturated carbocycles. The first kappa shape index (κ1) is 31.6. The maximum atomic E-state index is 15.8. The average Bonchev–Trinajstić information content (AvgIpc) is 3.73. The summed E-state index contributed by atoms with van der Waals surface area (Å²) in [5.41, 5.74) is -1.50. The molecule has 8 fully saturated rings. The highest BCUT2D eigenvalue weighted by molar-refractivity contribution is 8.78. The molecule has 0 radical (unpaired) electrons. The zero-order chi connectivity index (χ0) is 35.3. The number of aliphatic hydroxyl groups is 1. The molecule has 12 rings (SSSR count). The molecule has 50 heavy (non-hydrogen) atoms. The lowest BCUT2D eigenvalue weighted by molar-refractivity contribution is -0.172. The number of nitrogens with one attached hydrogen (secondary N) is 1. The number of ether oxygens (including phenoxy) is 1. The smallest absolute Gasteiger partial charge is 0.303 e. The van der Waals surface area contributed by atoms with E-state index in [0.717, 1.165) is 21.6 Å². The average molecular weight is 756 g/mol. The first-order valence-corrected chi connectivity index (χ1v) is 20.4. The minimum atomic E-state index is -1.86. The van der Waals surface area contributed by atoms with Crippen LogP contribution in [0.25, 0.3) is 0 Å². The maximum absolute atomic E-state index is 15.8. The van der Waals surface area contributed by atoms with Gasteiger partial charge in [0.15, 0.2) is 15.8 Å². The van der Waals surface area contributed by atoms with Gasteiger partial charge >= 0.3 is 5.97 Å². The van der Waals surface area contributed by atoms with E-state index in [0.29, 0.717) is 22.4 Å². The lowest BCUT2D eigenvalue weighted by Crippen LogP contribution is -2.77. The Morgan fingerprint density at radius 2 is 1.48 bits per heavy atom. The molecule has 9 aliphatic heterocycles. The summed E-state index contributed by atoms with van der Waals surface area (Å²) in [4.78, 5) is 72.2. The molecule has 2 N–H and O–H groups in total. The van der Waals surface area contributed by atoms with Crippen molar-refractivity contribution in [3.8, 4) is 0 Å². The van der Waals surface area contributed by atoms with Crippen LogP contribution in [0.15, 0.2) is 42.5 Å². The van der Waals surface area contributed by atoms with Crippen LogP contribution in [-0.2, 0) is 46.0 Å². The van der Waals surface area contributed by atoms with Gasteiger partial charge in [0.1, 0.15) is 18.1 Å². The number of rotatable bonds is 2. The minimum Gasteiger partial charge on any atom is -0.457 e. The Balaban J connectivity index is 1.39. The number of hydrogen-bond donors (Lipinski definition) is 2. The van der Waals surface area contributed by atoms with E-state index in [1.807, 2.05) is 0 Å². The Morgan fingerprint density at radius 1 is 0.860 bits per heavy atom. The Kier molecular flexibility index (Phi) is 5.74. The Bertz CT molecular complexity index is 2070. The van der Waals surface area contributed by atoms with Gasteiger partial charge in [0.2, 0.25) is 9.74 Å². The summed E-state index contributed by atoms with van der Waals surface area (Å²) in [5.74, 6) is -3.11. The van der Waals surface area contributed by atoms with E-state index < -0.39 is 90.1 Å². The molecule has 2 aromatic rings. The molecule has 0 unspecified atom stereocenters. The zero-order valence-corrected chi connectivity index (χ0v) is 30.5. The predicted molar refractivity (Wildman–Crippen MR) is 185 cm³/mol. The van der Waals surface area contributed by atoms with Crippen LogP contribution >= 0.6 is 43.2 Å². The number of carbonyl (C=O) groups excluding carboxylic acids is 5. The van der Waals surface area contributed by atoms with Gasteiger partial charge in [-0.05, 0) is 76.7 Å². The predicted octanol–water partition coefficient (Wildman–Crippen LogP) is 2.21. The van der Waals surface area contributed by atoms with Gasteiger partial charge in [-0.25, -0.2) is 4.39 Å². The normalized spacial score (nSPS) is 44.2. The summed E-state index contributed by atoms with van der Waals surface area (Å²) in [7, 11) is 7.70. The van der Waals surface area contributed by atoms with Gasteiger partial charge in [-0.1, -0.05) is 45.9 Å². The number of carbonyl (C=O) groups is 5. The number of para-hydroxylation sites is 1. The summed E-state index contributed by atoms with van der Waals surface area (Å²) >= 11 is 0. The van der Waals surface area contributed by atoms with Gasteiger partial charge in [0.05, 0.1) is 16.9 Å². The van der Waals surface area contributed by atoms with Crippen molar-refractivity contribution in [3.05, 3.63) is 65.0 Å². The second-order valence-electron chi connectivity index (χ2n) is 14.5. The van der Waals surface area contributed by atoms with Crippen molar-refractivity contribution >= 4 is 78.5 Å². The summed E-state index contributed by atoms with van der Waals surface area (Å²) < 4.78 is 22.2. The number of hydrogen-bond acceptors (Lipinski definition) is 12. The fraction of sp³-hybridized carbons (Fsp3) is 0.485. The van der Waals surface area contributed by atoms with Crippen LogP contribution in [0.4, 0.5) is 10.1 Å². The van der Waals surface area contributed by atoms with Crippen LogP contribution in [0.5, 0.6) is 0 Å². The van der Waals surface area contributed by atoms with Gasteiger partial charge in [0, 0.05) is 26.7 Å². The number of piperazine rings is 2. The summed E-state index contributed by atoms with van der Waals surface area (Å²) in [6.07, 6.45) is -4.22. The summed E-state index contributed by atoms with van der Waals surface area (Å²) in [5, 5.41) is 17.0. The third kappa shape index (κ3) is 2.79. The first-order chi connectivity index (χ1) is 23.6. The van der Waals surface area contributed by atoms with E-state index in [1.54, 1.807) is 51.2 Å². The van der Waals surface area contributed by atoms with Crippen LogP contribution < -0.4 is 5.32 Å². The minimum absolute atomic E-state index is 0.135. The second kappa shape index (κ2) is 9.08. The van der Waals surface area contributed by atoms with E-state index in [2.05, 4.69) is 5.32 Å². The monoisotopic (exact) mass is 755 g/mol. The number of esters is 1. The van der Waals surface area contributed by atoms with Crippen molar-refractivity contribution in [1.29, 1.82) is 0 Å². The molecule has 4 amide bonds. The van der Waals surface area contributed by atoms with E-state index in [4.69, 9.17) is 4.74 Å². The first-order valence-electron chi connectivity index (χ1n) is 16.1. The van der Waals surface area contributed by atoms with Crippen LogP contribution in [-0.4, -0.2) is 112 Å². The number of nitrogens with zero attached hydrogens (tertiary/aromatic N) is 4. The summed E-state index contributed by atoms with van der Waals surface area (Å²) in [6.45, 7) is 4.57. The zero-order valence-electron chi connectivity index (χ0n) is 27.3. The maximum Gasteiger partial charge on any atom is 0.303 e. The topological polar surface area (TPSA) is 140 Å². The molecule has 1 aliphatic carbocycles. The van der Waals surface area contributed by atoms with E-state index in [1.165, 1.54) is 67.3 Å². The number of amides is 4. The Morgan fingerprint density at radius 3 is 2.16 bits per heavy atom. The number of aliphatic hydroxyl groups excluding tert-OH is 1. The molecule has 260 valence electrons. The molecule has 12 nitrogen and oxygen atoms in total. The van der Waals surface area contributed by atoms with Gasteiger partial charge in [-0.15, -0.1) is 0 Å². The molecule has 8 saturated heterocycles. The Hall–Kier alpha value is -3.12. The number of benzene rings is 2.